The summed E-state index contributed by atoms with van der Waals surface area (Å²) >= 11 is 0. The highest BCUT2D eigenvalue weighted by atomic mass is 16.5. The van der Waals surface area contributed by atoms with Crippen LogP contribution in [0.25, 0.3) is 0 Å². The lowest BCUT2D eigenvalue weighted by Gasteiger charge is -2.12. The molecule has 0 bridgehead atoms. The van der Waals surface area contributed by atoms with Gasteiger partial charge in [-0.3, -0.25) is 4.68 Å². The summed E-state index contributed by atoms with van der Waals surface area (Å²) < 4.78 is 6.57. The summed E-state index contributed by atoms with van der Waals surface area (Å²) in [5.74, 6) is -0.423. The maximum absolute atomic E-state index is 11.4. The highest BCUT2D eigenvalue weighted by Crippen LogP contribution is 2.11. The van der Waals surface area contributed by atoms with E-state index >= 15 is 0 Å². The van der Waals surface area contributed by atoms with Gasteiger partial charge in [-0.1, -0.05) is 0 Å². The molecule has 0 aliphatic heterocycles. The van der Waals surface area contributed by atoms with Crippen LogP contribution in [0.4, 0.5) is 0 Å². The summed E-state index contributed by atoms with van der Waals surface area (Å²) in [6, 6.07) is -0.744. The first-order valence-electron chi connectivity index (χ1n) is 4.45. The molecule has 0 aromatic carbocycles. The van der Waals surface area contributed by atoms with Gasteiger partial charge in [-0.05, 0) is 13.8 Å². The number of carbonyl (C=O) groups excluding carboxylic acids is 1. The number of aromatic nitrogens is 2. The summed E-state index contributed by atoms with van der Waals surface area (Å²) in [6.07, 6.45) is 3.11. The summed E-state index contributed by atoms with van der Waals surface area (Å²) in [5.41, 5.74) is 6.34. The molecule has 1 aromatic heterocycles. The Hall–Kier alpha value is -1.36. The lowest BCUT2D eigenvalue weighted by atomic mass is 10.2. The zero-order valence-corrected chi connectivity index (χ0v) is 8.60. The number of nitrogens with two attached hydrogens (primary N) is 1. The number of nitrogens with zero attached hydrogens (tertiary/aromatic N) is 2. The molecule has 0 fully saturated rings. The molecule has 78 valence electrons. The van der Waals surface area contributed by atoms with Crippen LogP contribution < -0.4 is 5.73 Å². The topological polar surface area (TPSA) is 70.1 Å². The van der Waals surface area contributed by atoms with E-state index in [2.05, 4.69) is 5.10 Å². The molecule has 0 radical (unpaired) electrons. The number of carbonyl (C=O) groups is 1. The number of aryl methyl sites for hydroxylation is 1. The predicted molar refractivity (Wildman–Crippen MR) is 51.4 cm³/mol. The van der Waals surface area contributed by atoms with E-state index in [4.69, 9.17) is 10.5 Å². The Morgan fingerprint density at radius 1 is 1.64 bits per heavy atom. The van der Waals surface area contributed by atoms with Crippen molar-refractivity contribution in [3.05, 3.63) is 18.0 Å². The van der Waals surface area contributed by atoms with Gasteiger partial charge in [-0.25, -0.2) is 4.79 Å². The van der Waals surface area contributed by atoms with E-state index in [1.54, 1.807) is 38.0 Å². The monoisotopic (exact) mass is 197 g/mol. The molecule has 5 heteroatoms. The maximum Gasteiger partial charge on any atom is 0.327 e. The average molecular weight is 197 g/mol. The van der Waals surface area contributed by atoms with Crippen LogP contribution in [-0.4, -0.2) is 21.9 Å². The predicted octanol–water partition coefficient (Wildman–Crippen LogP) is 0.371. The third-order valence-electron chi connectivity index (χ3n) is 1.69. The van der Waals surface area contributed by atoms with Gasteiger partial charge >= 0.3 is 5.97 Å². The highest BCUT2D eigenvalue weighted by Gasteiger charge is 2.19. The van der Waals surface area contributed by atoms with Crippen LogP contribution in [0.5, 0.6) is 0 Å². The number of esters is 1. The van der Waals surface area contributed by atoms with Crippen LogP contribution in [0.1, 0.15) is 25.5 Å². The number of rotatable bonds is 3. The van der Waals surface area contributed by atoms with Crippen LogP contribution in [-0.2, 0) is 16.6 Å². The van der Waals surface area contributed by atoms with Gasteiger partial charge in [0.05, 0.1) is 12.3 Å². The van der Waals surface area contributed by atoms with E-state index < -0.39 is 12.0 Å². The first kappa shape index (κ1) is 10.7. The van der Waals surface area contributed by atoms with Gasteiger partial charge in [0.15, 0.2) is 0 Å². The Labute approximate surface area is 82.8 Å². The van der Waals surface area contributed by atoms with Crippen LogP contribution in [0, 0.1) is 0 Å². The van der Waals surface area contributed by atoms with E-state index in [0.29, 0.717) is 5.56 Å². The average Bonchev–Trinajstić information content (AvgIpc) is 2.49. The fraction of sp³-hybridized carbons (Fsp3) is 0.556. The van der Waals surface area contributed by atoms with Crippen LogP contribution >= 0.6 is 0 Å². The van der Waals surface area contributed by atoms with Gasteiger partial charge in [0.2, 0.25) is 0 Å². The fourth-order valence-electron chi connectivity index (χ4n) is 1.04. The third-order valence-corrected chi connectivity index (χ3v) is 1.69. The molecule has 2 N–H and O–H groups in total. The summed E-state index contributed by atoms with van der Waals surface area (Å²) in [5, 5.41) is 3.93. The fourth-order valence-corrected chi connectivity index (χ4v) is 1.04. The minimum absolute atomic E-state index is 0.148. The second-order valence-electron chi connectivity index (χ2n) is 3.41. The summed E-state index contributed by atoms with van der Waals surface area (Å²) in [6.45, 7) is 3.57. The largest absolute Gasteiger partial charge is 0.462 e. The summed E-state index contributed by atoms with van der Waals surface area (Å²) in [4.78, 5) is 11.4. The number of ether oxygens (including phenoxy) is 1. The van der Waals surface area contributed by atoms with Crippen molar-refractivity contribution in [3.63, 3.8) is 0 Å². The van der Waals surface area contributed by atoms with Gasteiger partial charge in [-0.15, -0.1) is 0 Å². The Kier molecular flexibility index (Phi) is 3.24. The molecular weight excluding hydrogens is 182 g/mol. The third kappa shape index (κ3) is 2.56. The van der Waals surface area contributed by atoms with Gasteiger partial charge < -0.3 is 10.5 Å². The minimum atomic E-state index is -0.744. The summed E-state index contributed by atoms with van der Waals surface area (Å²) in [7, 11) is 1.77. The molecule has 0 aliphatic carbocycles. The quantitative estimate of drug-likeness (QED) is 0.711. The van der Waals surface area contributed by atoms with Crippen LogP contribution in [0.15, 0.2) is 12.4 Å². The van der Waals surface area contributed by atoms with Crippen molar-refractivity contribution in [2.24, 2.45) is 12.8 Å². The SMILES string of the molecule is CC(C)OC(=O)C(N)c1cnn(C)c1. The molecular formula is C9H15N3O2. The standard InChI is InChI=1S/C9H15N3O2/c1-6(2)14-9(13)8(10)7-4-11-12(3)5-7/h4-6,8H,10H2,1-3H3. The molecule has 0 aliphatic rings. The normalized spacial score (nSPS) is 12.9. The molecule has 14 heavy (non-hydrogen) atoms. The first-order chi connectivity index (χ1) is 6.50. The van der Waals surface area contributed by atoms with E-state index in [-0.39, 0.29) is 6.10 Å². The lowest BCUT2D eigenvalue weighted by molar-refractivity contribution is -0.149. The van der Waals surface area contributed by atoms with Crippen LogP contribution in [0.3, 0.4) is 0 Å². The molecule has 1 atom stereocenters. The number of hydrogen-bond donors (Lipinski definition) is 1. The van der Waals surface area contributed by atoms with E-state index in [1.807, 2.05) is 0 Å². The molecule has 0 spiro atoms. The second kappa shape index (κ2) is 4.23. The molecule has 0 saturated carbocycles. The van der Waals surface area contributed by atoms with Crippen molar-refractivity contribution >= 4 is 5.97 Å². The van der Waals surface area contributed by atoms with Crippen LogP contribution in [0.2, 0.25) is 0 Å². The van der Waals surface area contributed by atoms with Gasteiger partial charge in [0.25, 0.3) is 0 Å². The zero-order valence-electron chi connectivity index (χ0n) is 8.60. The van der Waals surface area contributed by atoms with Crippen molar-refractivity contribution in [1.82, 2.24) is 9.78 Å². The Bertz CT molecular complexity index is 320. The van der Waals surface area contributed by atoms with Gasteiger partial charge in [-0.2, -0.15) is 5.10 Å². The lowest BCUT2D eigenvalue weighted by Crippen LogP contribution is -2.25. The minimum Gasteiger partial charge on any atom is -0.462 e. The zero-order chi connectivity index (χ0) is 10.7. The van der Waals surface area contributed by atoms with E-state index in [0.717, 1.165) is 0 Å². The van der Waals surface area contributed by atoms with Gasteiger partial charge in [0, 0.05) is 18.8 Å². The van der Waals surface area contributed by atoms with Crippen molar-refractivity contribution in [2.45, 2.75) is 26.0 Å². The van der Waals surface area contributed by atoms with Crippen molar-refractivity contribution < 1.29 is 9.53 Å². The number of hydrogen-bond acceptors (Lipinski definition) is 4. The maximum atomic E-state index is 11.4. The van der Waals surface area contributed by atoms with E-state index in [1.165, 1.54) is 0 Å². The molecule has 5 nitrogen and oxygen atoms in total. The van der Waals surface area contributed by atoms with Crippen molar-refractivity contribution in [1.29, 1.82) is 0 Å². The highest BCUT2D eigenvalue weighted by molar-refractivity contribution is 5.77. The molecule has 1 rings (SSSR count). The Morgan fingerprint density at radius 2 is 2.29 bits per heavy atom. The van der Waals surface area contributed by atoms with Gasteiger partial charge in [0.1, 0.15) is 6.04 Å². The molecule has 0 amide bonds. The Balaban J connectivity index is 2.65. The second-order valence-corrected chi connectivity index (χ2v) is 3.41. The first-order valence-corrected chi connectivity index (χ1v) is 4.45. The smallest absolute Gasteiger partial charge is 0.327 e. The molecule has 0 saturated heterocycles. The molecule has 1 unspecified atom stereocenters. The van der Waals surface area contributed by atoms with E-state index in [9.17, 15) is 4.79 Å². The Morgan fingerprint density at radius 3 is 2.71 bits per heavy atom. The van der Waals surface area contributed by atoms with Crippen molar-refractivity contribution in [3.8, 4) is 0 Å². The van der Waals surface area contributed by atoms with Crippen molar-refractivity contribution in [2.75, 3.05) is 0 Å². The molecule has 1 aromatic rings. The molecule has 1 heterocycles.